The van der Waals surface area contributed by atoms with E-state index in [0.717, 1.165) is 37.7 Å². The average Bonchev–Trinajstić information content (AvgIpc) is 3.30. The maximum atomic E-state index is 14.2. The third-order valence-electron chi connectivity index (χ3n) is 10.7. The third-order valence-corrected chi connectivity index (χ3v) is 12.6. The van der Waals surface area contributed by atoms with Gasteiger partial charge in [0.05, 0.1) is 35.2 Å². The first-order chi connectivity index (χ1) is 30.7. The minimum absolute atomic E-state index is 0.144. The predicted octanol–water partition coefficient (Wildman–Crippen LogP) is 10.3. The second-order valence-corrected chi connectivity index (χ2v) is 17.6. The third kappa shape index (κ3) is 14.7. The summed E-state index contributed by atoms with van der Waals surface area (Å²) in [5, 5.41) is 15.2. The molecule has 0 atom stereocenters. The van der Waals surface area contributed by atoms with Gasteiger partial charge in [-0.15, -0.1) is 23.5 Å². The van der Waals surface area contributed by atoms with Gasteiger partial charge < -0.3 is 14.8 Å². The molecule has 1 N–H and O–H groups in total. The van der Waals surface area contributed by atoms with Gasteiger partial charge in [-0.25, -0.2) is 9.59 Å². The van der Waals surface area contributed by atoms with Gasteiger partial charge in [-0.3, -0.25) is 19.9 Å². The first-order valence-corrected chi connectivity index (χ1v) is 23.4. The second-order valence-electron chi connectivity index (χ2n) is 15.3. The van der Waals surface area contributed by atoms with E-state index in [2.05, 4.69) is 63.6 Å². The molecule has 328 valence electrons. The van der Waals surface area contributed by atoms with E-state index in [-0.39, 0.29) is 30.0 Å². The fraction of sp³-hybridized carbons (Fsp3) is 0.294. The van der Waals surface area contributed by atoms with Gasteiger partial charge in [0.1, 0.15) is 0 Å². The Morgan fingerprint density at radius 1 is 0.603 bits per heavy atom. The SMILES string of the molecule is CC1=C(C(=O)OCCCN(CCSc2ccccc2)Cc2ccccc2)C(c2cccc([N+](=O)[O-])c2)C(C(=O)OCCCN(CCSc2ccccc2)Cc2ccccc2)=C(C)N1. The number of hydrogen-bond donors (Lipinski definition) is 1. The molecule has 1 aliphatic rings. The Balaban J connectivity index is 1.10. The Morgan fingerprint density at radius 2 is 1.03 bits per heavy atom. The number of non-ortho nitro benzene ring substituents is 1. The van der Waals surface area contributed by atoms with Crippen LogP contribution in [0.15, 0.2) is 178 Å². The van der Waals surface area contributed by atoms with Crippen molar-refractivity contribution in [2.75, 3.05) is 50.9 Å². The largest absolute Gasteiger partial charge is 0.462 e. The summed E-state index contributed by atoms with van der Waals surface area (Å²) in [6.45, 7) is 8.45. The Kier molecular flexibility index (Phi) is 18.5. The van der Waals surface area contributed by atoms with E-state index in [1.54, 1.807) is 26.0 Å². The lowest BCUT2D eigenvalue weighted by atomic mass is 9.80. The summed E-state index contributed by atoms with van der Waals surface area (Å²) in [5.41, 5.74) is 4.16. The van der Waals surface area contributed by atoms with Gasteiger partial charge in [-0.2, -0.15) is 0 Å². The summed E-state index contributed by atoms with van der Waals surface area (Å²) >= 11 is 3.62. The molecule has 10 nitrogen and oxygen atoms in total. The number of ether oxygens (including phenoxy) is 2. The van der Waals surface area contributed by atoms with Crippen molar-refractivity contribution in [3.05, 3.63) is 195 Å². The molecule has 0 radical (unpaired) electrons. The molecule has 1 aliphatic heterocycles. The van der Waals surface area contributed by atoms with Crippen LogP contribution in [0.3, 0.4) is 0 Å². The highest BCUT2D eigenvalue weighted by molar-refractivity contribution is 7.99. The van der Waals surface area contributed by atoms with Crippen LogP contribution in [-0.4, -0.2) is 77.6 Å². The molecule has 5 aromatic carbocycles. The zero-order chi connectivity index (χ0) is 44.2. The summed E-state index contributed by atoms with van der Waals surface area (Å²) in [7, 11) is 0. The second kappa shape index (κ2) is 24.8. The van der Waals surface area contributed by atoms with Crippen molar-refractivity contribution in [3.63, 3.8) is 0 Å². The Hall–Kier alpha value is -5.66. The maximum absolute atomic E-state index is 14.2. The Morgan fingerprint density at radius 3 is 1.46 bits per heavy atom. The van der Waals surface area contributed by atoms with Crippen LogP contribution in [0.4, 0.5) is 5.69 Å². The average molecular weight is 885 g/mol. The standard InChI is InChI=1S/C51H56N4O6S2/c1-39-47(50(56)60-32-16-28-53(37-41-18-7-3-8-19-41)30-34-62-45-24-11-5-12-25-45)49(43-22-15-23-44(36-43)55(58)59)48(40(2)52-39)51(57)61-33-17-29-54(38-42-20-9-4-10-21-42)31-35-63-46-26-13-6-14-27-46/h3-15,18-27,36,49,52H,16-17,28-35,37-38H2,1-2H3. The van der Waals surface area contributed by atoms with Crippen LogP contribution in [0.2, 0.25) is 0 Å². The topological polar surface area (TPSA) is 114 Å². The molecular formula is C51H56N4O6S2. The number of carbonyl (C=O) groups is 2. The molecule has 0 aliphatic carbocycles. The van der Waals surface area contributed by atoms with Crippen LogP contribution >= 0.6 is 23.5 Å². The van der Waals surface area contributed by atoms with E-state index in [9.17, 15) is 19.7 Å². The number of dihydropyridines is 1. The van der Waals surface area contributed by atoms with Crippen LogP contribution in [0.25, 0.3) is 0 Å². The van der Waals surface area contributed by atoms with Crippen molar-refractivity contribution < 1.29 is 24.0 Å². The quantitative estimate of drug-likeness (QED) is 0.0210. The van der Waals surface area contributed by atoms with Crippen molar-refractivity contribution in [2.24, 2.45) is 0 Å². The first-order valence-electron chi connectivity index (χ1n) is 21.4. The zero-order valence-corrected chi connectivity index (χ0v) is 37.7. The lowest BCUT2D eigenvalue weighted by molar-refractivity contribution is -0.384. The molecule has 5 aromatic rings. The summed E-state index contributed by atoms with van der Waals surface area (Å²) in [5.74, 6) is -0.310. The van der Waals surface area contributed by atoms with E-state index in [0.29, 0.717) is 42.9 Å². The maximum Gasteiger partial charge on any atom is 0.336 e. The lowest BCUT2D eigenvalue weighted by Crippen LogP contribution is -2.33. The molecule has 0 unspecified atom stereocenters. The van der Waals surface area contributed by atoms with Crippen LogP contribution in [0.1, 0.15) is 49.3 Å². The smallest absolute Gasteiger partial charge is 0.336 e. The molecule has 0 bridgehead atoms. The van der Waals surface area contributed by atoms with Crippen molar-refractivity contribution in [2.45, 2.75) is 55.5 Å². The fourth-order valence-corrected chi connectivity index (χ4v) is 9.46. The summed E-state index contributed by atoms with van der Waals surface area (Å²) < 4.78 is 11.9. The van der Waals surface area contributed by atoms with Crippen LogP contribution in [-0.2, 0) is 32.2 Å². The highest BCUT2D eigenvalue weighted by atomic mass is 32.2. The molecular weight excluding hydrogens is 829 g/mol. The molecule has 0 aromatic heterocycles. The number of hydrogen-bond acceptors (Lipinski definition) is 11. The number of carbonyl (C=O) groups excluding carboxylic acids is 2. The van der Waals surface area contributed by atoms with Crippen LogP contribution in [0, 0.1) is 10.1 Å². The minimum Gasteiger partial charge on any atom is -0.462 e. The zero-order valence-electron chi connectivity index (χ0n) is 36.0. The summed E-state index contributed by atoms with van der Waals surface area (Å²) in [6.07, 6.45) is 1.18. The minimum atomic E-state index is -0.944. The highest BCUT2D eigenvalue weighted by Gasteiger charge is 2.38. The van der Waals surface area contributed by atoms with Gasteiger partial charge in [-0.05, 0) is 67.6 Å². The molecule has 0 saturated heterocycles. The number of benzene rings is 5. The van der Waals surface area contributed by atoms with Crippen molar-refractivity contribution in [1.82, 2.24) is 15.1 Å². The fourth-order valence-electron chi connectivity index (χ4n) is 7.59. The van der Waals surface area contributed by atoms with Crippen molar-refractivity contribution in [1.29, 1.82) is 0 Å². The van der Waals surface area contributed by atoms with Gasteiger partial charge in [-0.1, -0.05) is 109 Å². The molecule has 6 rings (SSSR count). The normalized spacial score (nSPS) is 13.0. The number of nitro benzene ring substituents is 1. The summed E-state index contributed by atoms with van der Waals surface area (Å²) in [4.78, 5) is 46.9. The van der Waals surface area contributed by atoms with Gasteiger partial charge >= 0.3 is 11.9 Å². The number of nitro groups is 1. The number of allylic oxidation sites excluding steroid dienone is 2. The molecule has 0 amide bonds. The van der Waals surface area contributed by atoms with Crippen molar-refractivity contribution in [3.8, 4) is 0 Å². The molecule has 63 heavy (non-hydrogen) atoms. The van der Waals surface area contributed by atoms with Gasteiger partial charge in [0, 0.05) is 84.1 Å². The van der Waals surface area contributed by atoms with E-state index < -0.39 is 22.8 Å². The van der Waals surface area contributed by atoms with E-state index in [1.807, 2.05) is 96.3 Å². The number of esters is 2. The van der Waals surface area contributed by atoms with Gasteiger partial charge in [0.2, 0.25) is 0 Å². The number of nitrogens with zero attached hydrogens (tertiary/aromatic N) is 3. The molecule has 1 heterocycles. The van der Waals surface area contributed by atoms with E-state index in [1.165, 1.54) is 33.1 Å². The van der Waals surface area contributed by atoms with E-state index >= 15 is 0 Å². The first kappa shape index (κ1) is 46.8. The monoisotopic (exact) mass is 884 g/mol. The molecule has 0 fully saturated rings. The predicted molar refractivity (Wildman–Crippen MR) is 253 cm³/mol. The number of thioether (sulfide) groups is 2. The van der Waals surface area contributed by atoms with E-state index in [4.69, 9.17) is 9.47 Å². The van der Waals surface area contributed by atoms with Crippen LogP contribution < -0.4 is 5.32 Å². The Bertz CT molecular complexity index is 2160. The van der Waals surface area contributed by atoms with Crippen molar-refractivity contribution >= 4 is 41.1 Å². The number of rotatable bonds is 24. The Labute approximate surface area is 379 Å². The molecule has 0 spiro atoms. The van der Waals surface area contributed by atoms with Gasteiger partial charge in [0.25, 0.3) is 5.69 Å². The molecule has 0 saturated carbocycles. The number of nitrogens with one attached hydrogen (secondary N) is 1. The lowest BCUT2D eigenvalue weighted by Gasteiger charge is -2.30. The van der Waals surface area contributed by atoms with Crippen LogP contribution in [0.5, 0.6) is 0 Å². The molecule has 12 heteroatoms. The summed E-state index contributed by atoms with van der Waals surface area (Å²) in [6, 6.07) is 47.4. The van der Waals surface area contributed by atoms with Gasteiger partial charge in [0.15, 0.2) is 0 Å². The highest BCUT2D eigenvalue weighted by Crippen LogP contribution is 2.40.